The number of aryl methyl sites for hydroxylation is 1. The molecule has 0 radical (unpaired) electrons. The van der Waals surface area contributed by atoms with Crippen LogP contribution in [0.3, 0.4) is 0 Å². The first-order valence-corrected chi connectivity index (χ1v) is 6.07. The topological polar surface area (TPSA) is 57.8 Å². The molecule has 0 fully saturated rings. The molecule has 0 aliphatic rings. The molecule has 2 rings (SSSR count). The Balaban J connectivity index is 1.86. The molecule has 1 aromatic carbocycles. The summed E-state index contributed by atoms with van der Waals surface area (Å²) in [5, 5.41) is 3.54. The third-order valence-electron chi connectivity index (χ3n) is 2.63. The van der Waals surface area contributed by atoms with Crippen LogP contribution in [-0.4, -0.2) is 22.4 Å². The van der Waals surface area contributed by atoms with E-state index in [1.54, 1.807) is 0 Å². The van der Waals surface area contributed by atoms with Gasteiger partial charge in [0.15, 0.2) is 0 Å². The van der Waals surface area contributed by atoms with Crippen LogP contribution in [0.1, 0.15) is 21.7 Å². The number of carbonyl (C=O) groups is 1. The van der Waals surface area contributed by atoms with Crippen LogP contribution < -0.4 is 5.32 Å². The van der Waals surface area contributed by atoms with Gasteiger partial charge in [0.25, 0.3) is 5.91 Å². The van der Waals surface area contributed by atoms with Gasteiger partial charge in [0.1, 0.15) is 5.69 Å². The molecule has 0 atom stereocenters. The number of carbonyl (C=O) groups excluding carboxylic acids is 1. The molecule has 18 heavy (non-hydrogen) atoms. The Hall–Kier alpha value is -1.81. The van der Waals surface area contributed by atoms with E-state index in [9.17, 15) is 4.79 Å². The number of benzene rings is 1. The number of aromatic nitrogens is 2. The van der Waals surface area contributed by atoms with Gasteiger partial charge in [-0.3, -0.25) is 4.79 Å². The summed E-state index contributed by atoms with van der Waals surface area (Å²) >= 11 is 5.89. The summed E-state index contributed by atoms with van der Waals surface area (Å²) in [4.78, 5) is 18.6. The highest BCUT2D eigenvalue weighted by Gasteiger charge is 2.10. The van der Waals surface area contributed by atoms with Crippen molar-refractivity contribution in [3.05, 3.63) is 52.6 Å². The van der Waals surface area contributed by atoms with E-state index in [0.717, 1.165) is 17.7 Å². The van der Waals surface area contributed by atoms with Crippen molar-refractivity contribution >= 4 is 17.5 Å². The SMILES string of the molecule is Cc1[nH]cnc1C(=O)NCCc1cccc(Cl)c1. The molecule has 1 heterocycles. The molecule has 2 aromatic rings. The maximum atomic E-state index is 11.8. The Labute approximate surface area is 110 Å². The minimum Gasteiger partial charge on any atom is -0.350 e. The van der Waals surface area contributed by atoms with Gasteiger partial charge in [-0.1, -0.05) is 23.7 Å². The largest absolute Gasteiger partial charge is 0.350 e. The summed E-state index contributed by atoms with van der Waals surface area (Å²) < 4.78 is 0. The number of nitrogens with zero attached hydrogens (tertiary/aromatic N) is 1. The second-order valence-corrected chi connectivity index (χ2v) is 4.45. The molecule has 0 saturated carbocycles. The lowest BCUT2D eigenvalue weighted by Gasteiger charge is -2.04. The number of halogens is 1. The molecule has 5 heteroatoms. The lowest BCUT2D eigenvalue weighted by molar-refractivity contribution is 0.0949. The van der Waals surface area contributed by atoms with Crippen molar-refractivity contribution < 1.29 is 4.79 Å². The molecule has 1 amide bonds. The molecule has 2 N–H and O–H groups in total. The highest BCUT2D eigenvalue weighted by molar-refractivity contribution is 6.30. The third kappa shape index (κ3) is 3.11. The molecule has 0 spiro atoms. The number of rotatable bonds is 4. The average Bonchev–Trinajstić information content (AvgIpc) is 2.75. The molecular weight excluding hydrogens is 250 g/mol. The normalized spacial score (nSPS) is 10.3. The van der Waals surface area contributed by atoms with Crippen molar-refractivity contribution in [3.8, 4) is 0 Å². The van der Waals surface area contributed by atoms with Crippen LogP contribution in [0.15, 0.2) is 30.6 Å². The number of H-pyrrole nitrogens is 1. The molecule has 0 aliphatic heterocycles. The molecule has 0 bridgehead atoms. The zero-order chi connectivity index (χ0) is 13.0. The highest BCUT2D eigenvalue weighted by atomic mass is 35.5. The van der Waals surface area contributed by atoms with Crippen LogP contribution in [0.25, 0.3) is 0 Å². The van der Waals surface area contributed by atoms with Gasteiger partial charge in [0.2, 0.25) is 0 Å². The smallest absolute Gasteiger partial charge is 0.271 e. The molecule has 0 aliphatic carbocycles. The summed E-state index contributed by atoms with van der Waals surface area (Å²) in [7, 11) is 0. The minimum atomic E-state index is -0.157. The van der Waals surface area contributed by atoms with Gasteiger partial charge in [0.05, 0.1) is 6.33 Å². The van der Waals surface area contributed by atoms with Crippen molar-refractivity contribution in [3.63, 3.8) is 0 Å². The molecule has 0 saturated heterocycles. The summed E-state index contributed by atoms with van der Waals surface area (Å²) in [6, 6.07) is 7.61. The average molecular weight is 264 g/mol. The first-order valence-electron chi connectivity index (χ1n) is 5.69. The first-order chi connectivity index (χ1) is 8.66. The second-order valence-electron chi connectivity index (χ2n) is 4.01. The van der Waals surface area contributed by atoms with Crippen LogP contribution >= 0.6 is 11.6 Å². The molecule has 0 unspecified atom stereocenters. The van der Waals surface area contributed by atoms with Crippen molar-refractivity contribution in [1.82, 2.24) is 15.3 Å². The van der Waals surface area contributed by atoms with Crippen LogP contribution in [-0.2, 0) is 6.42 Å². The van der Waals surface area contributed by atoms with Gasteiger partial charge < -0.3 is 10.3 Å². The van der Waals surface area contributed by atoms with Crippen LogP contribution in [0.2, 0.25) is 5.02 Å². The van der Waals surface area contributed by atoms with E-state index in [0.29, 0.717) is 17.3 Å². The van der Waals surface area contributed by atoms with E-state index in [-0.39, 0.29) is 5.91 Å². The number of nitrogens with one attached hydrogen (secondary N) is 2. The van der Waals surface area contributed by atoms with E-state index >= 15 is 0 Å². The summed E-state index contributed by atoms with van der Waals surface area (Å²) in [6.45, 7) is 2.38. The summed E-state index contributed by atoms with van der Waals surface area (Å²) in [5.74, 6) is -0.157. The number of hydrogen-bond acceptors (Lipinski definition) is 2. The van der Waals surface area contributed by atoms with E-state index < -0.39 is 0 Å². The molecular formula is C13H14ClN3O. The van der Waals surface area contributed by atoms with Crippen molar-refractivity contribution in [2.45, 2.75) is 13.3 Å². The van der Waals surface area contributed by atoms with E-state index in [1.807, 2.05) is 31.2 Å². The molecule has 94 valence electrons. The quantitative estimate of drug-likeness (QED) is 0.890. The van der Waals surface area contributed by atoms with Crippen molar-refractivity contribution in [2.24, 2.45) is 0 Å². The fourth-order valence-corrected chi connectivity index (χ4v) is 1.90. The van der Waals surface area contributed by atoms with Gasteiger partial charge >= 0.3 is 0 Å². The van der Waals surface area contributed by atoms with Gasteiger partial charge in [-0.05, 0) is 31.0 Å². The van der Waals surface area contributed by atoms with Crippen molar-refractivity contribution in [1.29, 1.82) is 0 Å². The Morgan fingerprint density at radius 2 is 2.33 bits per heavy atom. The summed E-state index contributed by atoms with van der Waals surface area (Å²) in [5.41, 5.74) is 2.32. The predicted molar refractivity (Wildman–Crippen MR) is 70.8 cm³/mol. The molecule has 1 aromatic heterocycles. The first kappa shape index (κ1) is 12.6. The highest BCUT2D eigenvalue weighted by Crippen LogP contribution is 2.10. The van der Waals surface area contributed by atoms with Gasteiger partial charge in [-0.2, -0.15) is 0 Å². The maximum Gasteiger partial charge on any atom is 0.271 e. The van der Waals surface area contributed by atoms with E-state index in [4.69, 9.17) is 11.6 Å². The fraction of sp³-hybridized carbons (Fsp3) is 0.231. The summed E-state index contributed by atoms with van der Waals surface area (Å²) in [6.07, 6.45) is 2.26. The number of hydrogen-bond donors (Lipinski definition) is 2. The number of aromatic amines is 1. The predicted octanol–water partition coefficient (Wildman–Crippen LogP) is 2.34. The zero-order valence-electron chi connectivity index (χ0n) is 10.0. The van der Waals surface area contributed by atoms with E-state index in [1.165, 1.54) is 6.33 Å². The molecule has 4 nitrogen and oxygen atoms in total. The Morgan fingerprint density at radius 1 is 1.50 bits per heavy atom. The number of imidazole rings is 1. The van der Waals surface area contributed by atoms with Gasteiger partial charge in [-0.15, -0.1) is 0 Å². The van der Waals surface area contributed by atoms with Crippen LogP contribution in [0.5, 0.6) is 0 Å². The van der Waals surface area contributed by atoms with Crippen LogP contribution in [0.4, 0.5) is 0 Å². The standard InChI is InChI=1S/C13H14ClN3O/c1-9-12(17-8-16-9)13(18)15-6-5-10-3-2-4-11(14)7-10/h2-4,7-8H,5-6H2,1H3,(H,15,18)(H,16,17). The number of amides is 1. The lowest BCUT2D eigenvalue weighted by Crippen LogP contribution is -2.26. The Kier molecular flexibility index (Phi) is 3.99. The lowest BCUT2D eigenvalue weighted by atomic mass is 10.1. The Bertz CT molecular complexity index is 551. The monoisotopic (exact) mass is 263 g/mol. The van der Waals surface area contributed by atoms with Gasteiger partial charge in [0, 0.05) is 17.3 Å². The second kappa shape index (κ2) is 5.69. The third-order valence-corrected chi connectivity index (χ3v) is 2.87. The maximum absolute atomic E-state index is 11.8. The van der Waals surface area contributed by atoms with Crippen LogP contribution in [0, 0.1) is 6.92 Å². The zero-order valence-corrected chi connectivity index (χ0v) is 10.8. The Morgan fingerprint density at radius 3 is 3.00 bits per heavy atom. The van der Waals surface area contributed by atoms with E-state index in [2.05, 4.69) is 15.3 Å². The fourth-order valence-electron chi connectivity index (χ4n) is 1.68. The van der Waals surface area contributed by atoms with Crippen molar-refractivity contribution in [2.75, 3.05) is 6.54 Å². The minimum absolute atomic E-state index is 0.157. The van der Waals surface area contributed by atoms with Gasteiger partial charge in [-0.25, -0.2) is 4.98 Å².